The topological polar surface area (TPSA) is 87.5 Å². The summed E-state index contributed by atoms with van der Waals surface area (Å²) in [4.78, 5) is 26.7. The number of carbonyl (C=O) groups excluding carboxylic acids is 2. The molecule has 1 saturated heterocycles. The summed E-state index contributed by atoms with van der Waals surface area (Å²) in [5.41, 5.74) is 1.35. The molecule has 1 atom stereocenters. The molecule has 2 heterocycles. The molecular weight excluding hydrogens is 332 g/mol. The van der Waals surface area contributed by atoms with E-state index in [9.17, 15) is 9.59 Å². The number of fused-ring (bicyclic) bond motifs is 1. The van der Waals surface area contributed by atoms with E-state index >= 15 is 0 Å². The van der Waals surface area contributed by atoms with Crippen LogP contribution in [0.15, 0.2) is 4.52 Å². The summed E-state index contributed by atoms with van der Waals surface area (Å²) in [7, 11) is 0. The van der Waals surface area contributed by atoms with Gasteiger partial charge in [0.05, 0.1) is 6.54 Å². The molecular formula is C19H28N4O3. The van der Waals surface area contributed by atoms with Gasteiger partial charge in [-0.25, -0.2) is 0 Å². The fourth-order valence-electron chi connectivity index (χ4n) is 4.39. The fraction of sp³-hybridized carbons (Fsp3) is 0.737. The highest BCUT2D eigenvalue weighted by Gasteiger charge is 2.30. The van der Waals surface area contributed by atoms with Gasteiger partial charge in [0.15, 0.2) is 5.69 Å². The smallest absolute Gasteiger partial charge is 0.273 e. The molecule has 3 aliphatic rings. The minimum atomic E-state index is -0.115. The van der Waals surface area contributed by atoms with Gasteiger partial charge in [-0.2, -0.15) is 0 Å². The zero-order chi connectivity index (χ0) is 17.9. The maximum Gasteiger partial charge on any atom is 0.273 e. The highest BCUT2D eigenvalue weighted by atomic mass is 16.5. The number of nitrogens with zero attached hydrogens (tertiary/aromatic N) is 2. The molecule has 0 bridgehead atoms. The molecule has 1 unspecified atom stereocenters. The molecule has 26 heavy (non-hydrogen) atoms. The molecule has 2 amide bonds. The van der Waals surface area contributed by atoms with Crippen LogP contribution < -0.4 is 10.6 Å². The number of aromatic nitrogens is 1. The van der Waals surface area contributed by atoms with E-state index in [0.29, 0.717) is 18.7 Å². The van der Waals surface area contributed by atoms with E-state index in [2.05, 4.69) is 15.8 Å². The predicted octanol–water partition coefficient (Wildman–Crippen LogP) is 1.42. The Morgan fingerprint density at radius 2 is 1.85 bits per heavy atom. The van der Waals surface area contributed by atoms with Gasteiger partial charge in [-0.15, -0.1) is 0 Å². The van der Waals surface area contributed by atoms with Crippen molar-refractivity contribution in [1.82, 2.24) is 20.7 Å². The standard InChI is InChI=1S/C19H28N4O3/c24-17(23-9-3-4-10-23)12-20-14-7-8-16-15(11-14)18(22-26-16)19(25)21-13-5-1-2-6-13/h13-14,20H,1-12H2,(H,21,25). The first-order valence-corrected chi connectivity index (χ1v) is 10.00. The van der Waals surface area contributed by atoms with Gasteiger partial charge in [0.2, 0.25) is 5.91 Å². The molecule has 0 spiro atoms. The number of nitrogens with one attached hydrogen (secondary N) is 2. The minimum Gasteiger partial charge on any atom is -0.360 e. The predicted molar refractivity (Wildman–Crippen MR) is 95.9 cm³/mol. The average Bonchev–Trinajstić information content (AvgIpc) is 3.39. The van der Waals surface area contributed by atoms with Gasteiger partial charge in [0.1, 0.15) is 5.76 Å². The van der Waals surface area contributed by atoms with Crippen LogP contribution in [0.25, 0.3) is 0 Å². The summed E-state index contributed by atoms with van der Waals surface area (Å²) < 4.78 is 5.41. The van der Waals surface area contributed by atoms with E-state index < -0.39 is 0 Å². The Balaban J connectivity index is 1.34. The summed E-state index contributed by atoms with van der Waals surface area (Å²) in [6.45, 7) is 2.13. The van der Waals surface area contributed by atoms with Crippen molar-refractivity contribution in [2.75, 3.05) is 19.6 Å². The lowest BCUT2D eigenvalue weighted by atomic mass is 9.91. The molecule has 2 fully saturated rings. The Bertz CT molecular complexity index is 660. The third kappa shape index (κ3) is 3.77. The Labute approximate surface area is 153 Å². The SMILES string of the molecule is O=C(NC1CCCC1)c1noc2c1CC(NCC(=O)N1CCCC1)CC2. The van der Waals surface area contributed by atoms with E-state index in [1.54, 1.807) is 0 Å². The first kappa shape index (κ1) is 17.5. The van der Waals surface area contributed by atoms with Crippen molar-refractivity contribution in [2.45, 2.75) is 69.9 Å². The van der Waals surface area contributed by atoms with Crippen LogP contribution in [-0.4, -0.2) is 53.6 Å². The molecule has 0 radical (unpaired) electrons. The van der Waals surface area contributed by atoms with Gasteiger partial charge in [-0.05, 0) is 38.5 Å². The molecule has 4 rings (SSSR count). The van der Waals surface area contributed by atoms with Gasteiger partial charge in [-0.1, -0.05) is 18.0 Å². The number of amides is 2. The van der Waals surface area contributed by atoms with Gasteiger partial charge < -0.3 is 20.1 Å². The summed E-state index contributed by atoms with van der Waals surface area (Å²) in [6.07, 6.45) is 9.03. The van der Waals surface area contributed by atoms with Crippen molar-refractivity contribution >= 4 is 11.8 Å². The Hall–Kier alpha value is -1.89. The first-order chi connectivity index (χ1) is 12.7. The van der Waals surface area contributed by atoms with Crippen LogP contribution in [0.4, 0.5) is 0 Å². The maximum atomic E-state index is 12.6. The van der Waals surface area contributed by atoms with Crippen LogP contribution >= 0.6 is 0 Å². The molecule has 1 aromatic rings. The lowest BCUT2D eigenvalue weighted by molar-refractivity contribution is -0.129. The highest BCUT2D eigenvalue weighted by Crippen LogP contribution is 2.25. The fourth-order valence-corrected chi connectivity index (χ4v) is 4.39. The van der Waals surface area contributed by atoms with Crippen LogP contribution in [0.3, 0.4) is 0 Å². The summed E-state index contributed by atoms with van der Waals surface area (Å²) in [5.74, 6) is 0.888. The van der Waals surface area contributed by atoms with E-state index in [4.69, 9.17) is 4.52 Å². The zero-order valence-corrected chi connectivity index (χ0v) is 15.3. The quantitative estimate of drug-likeness (QED) is 0.829. The Morgan fingerprint density at radius 1 is 1.08 bits per heavy atom. The second-order valence-corrected chi connectivity index (χ2v) is 7.80. The molecule has 1 aliphatic heterocycles. The first-order valence-electron chi connectivity index (χ1n) is 10.00. The van der Waals surface area contributed by atoms with Gasteiger partial charge in [0, 0.05) is 37.2 Å². The normalized spacial score (nSPS) is 23.2. The van der Waals surface area contributed by atoms with Crippen LogP contribution in [0.5, 0.6) is 0 Å². The monoisotopic (exact) mass is 360 g/mol. The van der Waals surface area contributed by atoms with Gasteiger partial charge in [0.25, 0.3) is 5.91 Å². The minimum absolute atomic E-state index is 0.115. The van der Waals surface area contributed by atoms with Crippen LogP contribution in [0, 0.1) is 0 Å². The van der Waals surface area contributed by atoms with Crippen molar-refractivity contribution in [3.8, 4) is 0 Å². The molecule has 1 saturated carbocycles. The number of carbonyl (C=O) groups is 2. The van der Waals surface area contributed by atoms with Crippen LogP contribution in [0.1, 0.15) is 66.8 Å². The second kappa shape index (κ2) is 7.78. The number of likely N-dealkylation sites (tertiary alicyclic amines) is 1. The molecule has 2 N–H and O–H groups in total. The maximum absolute atomic E-state index is 12.6. The molecule has 1 aromatic heterocycles. The van der Waals surface area contributed by atoms with Crippen LogP contribution in [0.2, 0.25) is 0 Å². The number of rotatable bonds is 5. The summed E-state index contributed by atoms with van der Waals surface area (Å²) in [6, 6.07) is 0.455. The van der Waals surface area contributed by atoms with E-state index in [1.165, 1.54) is 12.8 Å². The third-order valence-corrected chi connectivity index (χ3v) is 5.95. The molecule has 2 aliphatic carbocycles. The van der Waals surface area contributed by atoms with E-state index in [0.717, 1.165) is 62.9 Å². The molecule has 142 valence electrons. The van der Waals surface area contributed by atoms with E-state index in [1.807, 2.05) is 4.90 Å². The molecule has 7 nitrogen and oxygen atoms in total. The molecule has 7 heteroatoms. The second-order valence-electron chi connectivity index (χ2n) is 7.80. The summed E-state index contributed by atoms with van der Waals surface area (Å²) in [5, 5.41) is 10.5. The van der Waals surface area contributed by atoms with Gasteiger partial charge >= 0.3 is 0 Å². The molecule has 0 aromatic carbocycles. The zero-order valence-electron chi connectivity index (χ0n) is 15.3. The van der Waals surface area contributed by atoms with E-state index in [-0.39, 0.29) is 23.9 Å². The largest absolute Gasteiger partial charge is 0.360 e. The Kier molecular flexibility index (Phi) is 5.24. The number of hydrogen-bond donors (Lipinski definition) is 2. The lowest BCUT2D eigenvalue weighted by Crippen LogP contribution is -2.43. The number of aryl methyl sites for hydroxylation is 1. The Morgan fingerprint density at radius 3 is 2.62 bits per heavy atom. The lowest BCUT2D eigenvalue weighted by Gasteiger charge is -2.24. The average molecular weight is 360 g/mol. The highest BCUT2D eigenvalue weighted by molar-refractivity contribution is 5.94. The van der Waals surface area contributed by atoms with Crippen molar-refractivity contribution in [3.63, 3.8) is 0 Å². The number of hydrogen-bond acceptors (Lipinski definition) is 5. The van der Waals surface area contributed by atoms with Crippen molar-refractivity contribution in [1.29, 1.82) is 0 Å². The van der Waals surface area contributed by atoms with Crippen molar-refractivity contribution in [3.05, 3.63) is 17.0 Å². The summed E-state index contributed by atoms with van der Waals surface area (Å²) >= 11 is 0. The van der Waals surface area contributed by atoms with Crippen molar-refractivity contribution in [2.24, 2.45) is 0 Å². The van der Waals surface area contributed by atoms with Crippen LogP contribution in [-0.2, 0) is 17.6 Å². The van der Waals surface area contributed by atoms with Gasteiger partial charge in [-0.3, -0.25) is 9.59 Å². The van der Waals surface area contributed by atoms with Crippen molar-refractivity contribution < 1.29 is 14.1 Å². The third-order valence-electron chi connectivity index (χ3n) is 5.95.